The van der Waals surface area contributed by atoms with Crippen LogP contribution in [0.1, 0.15) is 24.0 Å². The summed E-state index contributed by atoms with van der Waals surface area (Å²) in [4.78, 5) is 9.39. The van der Waals surface area contributed by atoms with E-state index in [9.17, 15) is 0 Å². The molecule has 2 rings (SSSR count). The van der Waals surface area contributed by atoms with Gasteiger partial charge in [-0.15, -0.1) is 24.0 Å². The second kappa shape index (κ2) is 14.3. The normalized spacial score (nSPS) is 15.3. The number of anilines is 1. The van der Waals surface area contributed by atoms with Gasteiger partial charge in [-0.1, -0.05) is 12.1 Å². The van der Waals surface area contributed by atoms with E-state index in [1.165, 1.54) is 35.4 Å². The van der Waals surface area contributed by atoms with Gasteiger partial charge in [0.05, 0.1) is 0 Å². The lowest BCUT2D eigenvalue weighted by Gasteiger charge is -2.37. The number of nitrogens with one attached hydrogen (secondary N) is 2. The summed E-state index contributed by atoms with van der Waals surface area (Å²) in [6.07, 6.45) is 4.62. The van der Waals surface area contributed by atoms with Gasteiger partial charge in [0.2, 0.25) is 0 Å². The topological polar surface area (TPSA) is 42.9 Å². The number of aryl methyl sites for hydroxylation is 1. The zero-order valence-electron chi connectivity index (χ0n) is 18.0. The number of halogens is 1. The van der Waals surface area contributed by atoms with Crippen LogP contribution in [0.15, 0.2) is 23.2 Å². The van der Waals surface area contributed by atoms with Gasteiger partial charge >= 0.3 is 0 Å². The van der Waals surface area contributed by atoms with E-state index in [1.807, 2.05) is 18.8 Å². The molecule has 28 heavy (non-hydrogen) atoms. The van der Waals surface area contributed by atoms with Gasteiger partial charge in [-0.3, -0.25) is 9.89 Å². The number of hydrogen-bond donors (Lipinski definition) is 2. The maximum atomic E-state index is 4.32. The van der Waals surface area contributed by atoms with Crippen molar-refractivity contribution in [1.82, 2.24) is 15.5 Å². The summed E-state index contributed by atoms with van der Waals surface area (Å²) >= 11 is 1.91. The van der Waals surface area contributed by atoms with Gasteiger partial charge in [0.1, 0.15) is 0 Å². The summed E-state index contributed by atoms with van der Waals surface area (Å²) in [5.74, 6) is 2.16. The van der Waals surface area contributed by atoms with Crippen LogP contribution in [0.3, 0.4) is 0 Å². The zero-order chi connectivity index (χ0) is 19.5. The van der Waals surface area contributed by atoms with E-state index in [0.29, 0.717) is 0 Å². The number of hydrogen-bond acceptors (Lipinski definition) is 4. The lowest BCUT2D eigenvalue weighted by atomic mass is 10.1. The van der Waals surface area contributed by atoms with Crippen LogP contribution in [0.4, 0.5) is 5.69 Å². The largest absolute Gasteiger partial charge is 0.369 e. The third-order valence-corrected chi connectivity index (χ3v) is 6.00. The van der Waals surface area contributed by atoms with Crippen LogP contribution in [-0.2, 0) is 0 Å². The Morgan fingerprint density at radius 2 is 1.79 bits per heavy atom. The Morgan fingerprint density at radius 3 is 2.46 bits per heavy atom. The Kier molecular flexibility index (Phi) is 13.0. The number of nitrogens with zero attached hydrogens (tertiary/aromatic N) is 3. The summed E-state index contributed by atoms with van der Waals surface area (Å²) in [5.41, 5.74) is 4.20. The smallest absolute Gasteiger partial charge is 0.191 e. The molecule has 0 spiro atoms. The van der Waals surface area contributed by atoms with Crippen molar-refractivity contribution in [3.05, 3.63) is 29.3 Å². The van der Waals surface area contributed by atoms with Crippen LogP contribution in [0, 0.1) is 13.8 Å². The first-order valence-electron chi connectivity index (χ1n) is 10.1. The van der Waals surface area contributed by atoms with E-state index < -0.39 is 0 Å². The van der Waals surface area contributed by atoms with E-state index >= 15 is 0 Å². The van der Waals surface area contributed by atoms with Crippen LogP contribution in [0.2, 0.25) is 0 Å². The van der Waals surface area contributed by atoms with Gasteiger partial charge in [-0.25, -0.2) is 0 Å². The average molecular weight is 520 g/mol. The van der Waals surface area contributed by atoms with E-state index in [4.69, 9.17) is 0 Å². The van der Waals surface area contributed by atoms with Crippen LogP contribution in [0.5, 0.6) is 0 Å². The molecule has 1 saturated heterocycles. The molecule has 1 aliphatic rings. The minimum absolute atomic E-state index is 0. The first-order chi connectivity index (χ1) is 13.2. The number of unbranched alkanes of at least 4 members (excludes halogenated alkanes) is 1. The van der Waals surface area contributed by atoms with E-state index in [0.717, 1.165) is 51.8 Å². The maximum Gasteiger partial charge on any atom is 0.191 e. The van der Waals surface area contributed by atoms with Crippen molar-refractivity contribution >= 4 is 47.4 Å². The van der Waals surface area contributed by atoms with Crippen molar-refractivity contribution in [1.29, 1.82) is 0 Å². The fourth-order valence-electron chi connectivity index (χ4n) is 3.42. The number of thioether (sulfide) groups is 1. The van der Waals surface area contributed by atoms with Gasteiger partial charge in [0.15, 0.2) is 5.96 Å². The minimum Gasteiger partial charge on any atom is -0.369 e. The lowest BCUT2D eigenvalue weighted by Crippen LogP contribution is -2.49. The first kappa shape index (κ1) is 25.4. The molecule has 5 nitrogen and oxygen atoms in total. The third kappa shape index (κ3) is 8.37. The Bertz CT molecular complexity index is 588. The van der Waals surface area contributed by atoms with E-state index in [2.05, 4.69) is 63.7 Å². The Balaban J connectivity index is 0.00000392. The van der Waals surface area contributed by atoms with Gasteiger partial charge in [0, 0.05) is 58.5 Å². The zero-order valence-corrected chi connectivity index (χ0v) is 21.1. The molecule has 7 heteroatoms. The monoisotopic (exact) mass is 519 g/mol. The van der Waals surface area contributed by atoms with Gasteiger partial charge in [0.25, 0.3) is 0 Å². The highest BCUT2D eigenvalue weighted by molar-refractivity contribution is 14.0. The number of guanidine groups is 1. The molecular weight excluding hydrogens is 481 g/mol. The SMILES string of the molecule is CN=C(NCCCCSC)NCCN1CCN(c2cccc(C)c2C)CC1.I. The molecule has 1 aromatic rings. The van der Waals surface area contributed by atoms with Gasteiger partial charge in [-0.05, 0) is 55.9 Å². The summed E-state index contributed by atoms with van der Waals surface area (Å²) < 4.78 is 0. The van der Waals surface area contributed by atoms with Crippen molar-refractivity contribution in [2.45, 2.75) is 26.7 Å². The average Bonchev–Trinajstić information content (AvgIpc) is 2.69. The van der Waals surface area contributed by atoms with Crippen molar-refractivity contribution < 1.29 is 0 Å². The second-order valence-electron chi connectivity index (χ2n) is 7.17. The molecule has 1 aliphatic heterocycles. The van der Waals surface area contributed by atoms with Crippen LogP contribution < -0.4 is 15.5 Å². The Morgan fingerprint density at radius 1 is 1.07 bits per heavy atom. The predicted molar refractivity (Wildman–Crippen MR) is 137 cm³/mol. The first-order valence-corrected chi connectivity index (χ1v) is 11.5. The molecule has 1 heterocycles. The summed E-state index contributed by atoms with van der Waals surface area (Å²) in [6.45, 7) is 11.9. The molecule has 0 amide bonds. The fourth-order valence-corrected chi connectivity index (χ4v) is 3.91. The number of rotatable bonds is 9. The standard InChI is InChI=1S/C21H37N5S.HI/c1-18-8-7-9-20(19(18)2)26-15-13-25(14-16-26)12-11-24-21(22-3)23-10-5-6-17-27-4;/h7-9H,5-6,10-17H2,1-4H3,(H2,22,23,24);1H. The highest BCUT2D eigenvalue weighted by Crippen LogP contribution is 2.23. The summed E-state index contributed by atoms with van der Waals surface area (Å²) in [7, 11) is 1.85. The summed E-state index contributed by atoms with van der Waals surface area (Å²) in [6, 6.07) is 6.63. The van der Waals surface area contributed by atoms with Crippen molar-refractivity contribution in [3.63, 3.8) is 0 Å². The molecule has 1 aromatic carbocycles. The highest BCUT2D eigenvalue weighted by atomic mass is 127. The van der Waals surface area contributed by atoms with E-state index in [1.54, 1.807) is 0 Å². The molecular formula is C21H38IN5S. The molecule has 0 bridgehead atoms. The van der Waals surface area contributed by atoms with E-state index in [-0.39, 0.29) is 24.0 Å². The number of aliphatic imine (C=N–C) groups is 1. The molecule has 2 N–H and O–H groups in total. The van der Waals surface area contributed by atoms with Gasteiger partial charge in [-0.2, -0.15) is 11.8 Å². The van der Waals surface area contributed by atoms with Gasteiger partial charge < -0.3 is 15.5 Å². The Hall–Kier alpha value is -0.670. The Labute approximate surface area is 193 Å². The highest BCUT2D eigenvalue weighted by Gasteiger charge is 2.18. The predicted octanol–water partition coefficient (Wildman–Crippen LogP) is 3.35. The minimum atomic E-state index is 0. The maximum absolute atomic E-state index is 4.32. The van der Waals surface area contributed by atoms with Crippen LogP contribution >= 0.6 is 35.7 Å². The molecule has 1 fully saturated rings. The molecule has 0 aromatic heterocycles. The summed E-state index contributed by atoms with van der Waals surface area (Å²) in [5, 5.41) is 6.85. The second-order valence-corrected chi connectivity index (χ2v) is 8.16. The molecule has 0 unspecified atom stereocenters. The quantitative estimate of drug-likeness (QED) is 0.227. The van der Waals surface area contributed by atoms with Crippen molar-refractivity contribution in [2.24, 2.45) is 4.99 Å². The molecule has 0 atom stereocenters. The van der Waals surface area contributed by atoms with Crippen LogP contribution in [-0.4, -0.2) is 75.7 Å². The number of benzene rings is 1. The lowest BCUT2D eigenvalue weighted by molar-refractivity contribution is 0.261. The van der Waals surface area contributed by atoms with Crippen molar-refractivity contribution in [2.75, 3.05) is 69.8 Å². The molecule has 0 aliphatic carbocycles. The fraction of sp³-hybridized carbons (Fsp3) is 0.667. The molecule has 0 radical (unpaired) electrons. The number of piperazine rings is 1. The third-order valence-electron chi connectivity index (χ3n) is 5.30. The van der Waals surface area contributed by atoms with Crippen molar-refractivity contribution in [3.8, 4) is 0 Å². The molecule has 160 valence electrons. The molecule has 0 saturated carbocycles. The van der Waals surface area contributed by atoms with Crippen LogP contribution in [0.25, 0.3) is 0 Å².